The molecule has 1 aromatic heterocycles. The van der Waals surface area contributed by atoms with Crippen LogP contribution >= 0.6 is 15.9 Å². The molecule has 5 aromatic carbocycles. The summed E-state index contributed by atoms with van der Waals surface area (Å²) in [6, 6.07) is 34.7. The maximum Gasteiger partial charge on any atom is 0.0332 e. The Balaban J connectivity index is 1.77. The van der Waals surface area contributed by atoms with Crippen molar-refractivity contribution in [1.82, 2.24) is 4.98 Å². The van der Waals surface area contributed by atoms with Crippen LogP contribution in [0.25, 0.3) is 54.6 Å². The Morgan fingerprint density at radius 1 is 0.452 bits per heavy atom. The van der Waals surface area contributed by atoms with Gasteiger partial charge in [-0.1, -0.05) is 84.9 Å². The predicted octanol–water partition coefficient (Wildman–Crippen LogP) is 8.64. The molecule has 0 bridgehead atoms. The first-order valence-electron chi connectivity index (χ1n) is 10.3. The SMILES string of the molecule is Brc1c2ccccc2c(-c2ccc(-c3ccncc3)c3ccccc23)c2ccccc12. The Morgan fingerprint density at radius 2 is 0.903 bits per heavy atom. The fourth-order valence-corrected chi connectivity index (χ4v) is 5.36. The van der Waals surface area contributed by atoms with Gasteiger partial charge in [0.15, 0.2) is 0 Å². The Labute approximate surface area is 189 Å². The van der Waals surface area contributed by atoms with Gasteiger partial charge in [0.05, 0.1) is 0 Å². The number of benzene rings is 5. The van der Waals surface area contributed by atoms with E-state index in [1.165, 1.54) is 54.6 Å². The molecule has 0 N–H and O–H groups in total. The highest BCUT2D eigenvalue weighted by Gasteiger charge is 2.16. The second-order valence-electron chi connectivity index (χ2n) is 7.72. The lowest BCUT2D eigenvalue weighted by Gasteiger charge is -2.17. The third-order valence-corrected chi connectivity index (χ3v) is 6.90. The summed E-state index contributed by atoms with van der Waals surface area (Å²) >= 11 is 3.88. The summed E-state index contributed by atoms with van der Waals surface area (Å²) in [5.41, 5.74) is 4.95. The molecule has 2 heteroatoms. The summed E-state index contributed by atoms with van der Waals surface area (Å²) in [7, 11) is 0. The van der Waals surface area contributed by atoms with E-state index < -0.39 is 0 Å². The van der Waals surface area contributed by atoms with Crippen LogP contribution in [0.1, 0.15) is 0 Å². The molecule has 0 unspecified atom stereocenters. The van der Waals surface area contributed by atoms with Crippen molar-refractivity contribution in [3.05, 3.63) is 114 Å². The van der Waals surface area contributed by atoms with Gasteiger partial charge in [0.2, 0.25) is 0 Å². The van der Waals surface area contributed by atoms with Crippen molar-refractivity contribution >= 4 is 48.2 Å². The van der Waals surface area contributed by atoms with Crippen LogP contribution < -0.4 is 0 Å². The zero-order valence-electron chi connectivity index (χ0n) is 16.7. The van der Waals surface area contributed by atoms with Gasteiger partial charge >= 0.3 is 0 Å². The summed E-state index contributed by atoms with van der Waals surface area (Å²) in [5.74, 6) is 0. The average molecular weight is 460 g/mol. The molecule has 0 saturated heterocycles. The van der Waals surface area contributed by atoms with E-state index in [9.17, 15) is 0 Å². The van der Waals surface area contributed by atoms with E-state index in [0.29, 0.717) is 0 Å². The third kappa shape index (κ3) is 2.87. The van der Waals surface area contributed by atoms with Crippen molar-refractivity contribution in [2.24, 2.45) is 0 Å². The Hall–Kier alpha value is -3.49. The van der Waals surface area contributed by atoms with Gasteiger partial charge in [-0.15, -0.1) is 0 Å². The lowest BCUT2D eigenvalue weighted by atomic mass is 9.87. The third-order valence-electron chi connectivity index (χ3n) is 6.05. The second-order valence-corrected chi connectivity index (χ2v) is 8.52. The molecule has 0 atom stereocenters. The van der Waals surface area contributed by atoms with E-state index in [-0.39, 0.29) is 0 Å². The Kier molecular flexibility index (Phi) is 4.33. The van der Waals surface area contributed by atoms with Gasteiger partial charge in [-0.05, 0) is 82.6 Å². The van der Waals surface area contributed by atoms with Crippen LogP contribution in [0.2, 0.25) is 0 Å². The highest BCUT2D eigenvalue weighted by Crippen LogP contribution is 2.44. The van der Waals surface area contributed by atoms with Gasteiger partial charge in [0.1, 0.15) is 0 Å². The van der Waals surface area contributed by atoms with Gasteiger partial charge in [0, 0.05) is 16.9 Å². The first-order chi connectivity index (χ1) is 15.3. The maximum atomic E-state index is 4.19. The fourth-order valence-electron chi connectivity index (χ4n) is 4.67. The van der Waals surface area contributed by atoms with E-state index in [4.69, 9.17) is 0 Å². The zero-order chi connectivity index (χ0) is 20.8. The fraction of sp³-hybridized carbons (Fsp3) is 0. The molecule has 6 aromatic rings. The van der Waals surface area contributed by atoms with Gasteiger partial charge in [-0.3, -0.25) is 4.98 Å². The van der Waals surface area contributed by atoms with Crippen molar-refractivity contribution in [1.29, 1.82) is 0 Å². The zero-order valence-corrected chi connectivity index (χ0v) is 18.3. The first kappa shape index (κ1) is 18.3. The number of pyridine rings is 1. The topological polar surface area (TPSA) is 12.9 Å². The summed E-state index contributed by atoms with van der Waals surface area (Å²) in [5, 5.41) is 7.50. The van der Waals surface area contributed by atoms with Gasteiger partial charge in [-0.2, -0.15) is 0 Å². The molecule has 0 spiro atoms. The van der Waals surface area contributed by atoms with E-state index in [1.807, 2.05) is 12.4 Å². The summed E-state index contributed by atoms with van der Waals surface area (Å²) in [6.45, 7) is 0. The minimum atomic E-state index is 1.15. The molecule has 6 rings (SSSR count). The number of nitrogens with zero attached hydrogens (tertiary/aromatic N) is 1. The van der Waals surface area contributed by atoms with Crippen molar-refractivity contribution in [2.75, 3.05) is 0 Å². The number of aromatic nitrogens is 1. The number of hydrogen-bond donors (Lipinski definition) is 0. The van der Waals surface area contributed by atoms with E-state index in [0.717, 1.165) is 4.47 Å². The second kappa shape index (κ2) is 7.33. The smallest absolute Gasteiger partial charge is 0.0332 e. The van der Waals surface area contributed by atoms with Crippen LogP contribution in [0, 0.1) is 0 Å². The summed E-state index contributed by atoms with van der Waals surface area (Å²) in [6.07, 6.45) is 3.71. The molecule has 0 saturated carbocycles. The number of halogens is 1. The van der Waals surface area contributed by atoms with E-state index in [2.05, 4.69) is 118 Å². The van der Waals surface area contributed by atoms with Crippen LogP contribution in [0.3, 0.4) is 0 Å². The van der Waals surface area contributed by atoms with E-state index in [1.54, 1.807) is 0 Å². The molecule has 0 aliphatic heterocycles. The van der Waals surface area contributed by atoms with Crippen LogP contribution in [0.5, 0.6) is 0 Å². The Morgan fingerprint density at radius 3 is 1.48 bits per heavy atom. The quantitative estimate of drug-likeness (QED) is 0.236. The van der Waals surface area contributed by atoms with Crippen molar-refractivity contribution < 1.29 is 0 Å². The highest BCUT2D eigenvalue weighted by molar-refractivity contribution is 9.10. The molecule has 1 heterocycles. The molecule has 31 heavy (non-hydrogen) atoms. The number of rotatable bonds is 2. The number of fused-ring (bicyclic) bond motifs is 3. The monoisotopic (exact) mass is 459 g/mol. The standard InChI is InChI=1S/C29H18BrN/c30-29-26-11-5-3-9-23(26)28(24-10-4-6-12-27(24)29)25-14-13-20(19-15-17-31-18-16-19)21-7-1-2-8-22(21)25/h1-18H. The molecule has 0 fully saturated rings. The minimum absolute atomic E-state index is 1.15. The highest BCUT2D eigenvalue weighted by atomic mass is 79.9. The van der Waals surface area contributed by atoms with Gasteiger partial charge in [-0.25, -0.2) is 0 Å². The summed E-state index contributed by atoms with van der Waals surface area (Å²) < 4.78 is 1.15. The molecule has 0 aliphatic rings. The van der Waals surface area contributed by atoms with Crippen LogP contribution in [-0.4, -0.2) is 4.98 Å². The lowest BCUT2D eigenvalue weighted by molar-refractivity contribution is 1.33. The van der Waals surface area contributed by atoms with Crippen LogP contribution in [-0.2, 0) is 0 Å². The molecule has 0 radical (unpaired) electrons. The Bertz CT molecular complexity index is 1530. The number of hydrogen-bond acceptors (Lipinski definition) is 1. The predicted molar refractivity (Wildman–Crippen MR) is 135 cm³/mol. The van der Waals surface area contributed by atoms with Crippen molar-refractivity contribution in [3.63, 3.8) is 0 Å². The normalized spacial score (nSPS) is 11.4. The molecular weight excluding hydrogens is 442 g/mol. The molecule has 1 nitrogen and oxygen atoms in total. The van der Waals surface area contributed by atoms with Crippen molar-refractivity contribution in [3.8, 4) is 22.3 Å². The van der Waals surface area contributed by atoms with Gasteiger partial charge in [0.25, 0.3) is 0 Å². The first-order valence-corrected chi connectivity index (χ1v) is 11.1. The molecule has 0 aliphatic carbocycles. The van der Waals surface area contributed by atoms with Gasteiger partial charge < -0.3 is 0 Å². The molecule has 146 valence electrons. The lowest BCUT2D eigenvalue weighted by Crippen LogP contribution is -1.90. The largest absolute Gasteiger partial charge is 0.265 e. The molecular formula is C29H18BrN. The molecule has 0 amide bonds. The van der Waals surface area contributed by atoms with Crippen molar-refractivity contribution in [2.45, 2.75) is 0 Å². The average Bonchev–Trinajstić information content (AvgIpc) is 2.85. The van der Waals surface area contributed by atoms with Crippen LogP contribution in [0.15, 0.2) is 114 Å². The van der Waals surface area contributed by atoms with E-state index >= 15 is 0 Å². The summed E-state index contributed by atoms with van der Waals surface area (Å²) in [4.78, 5) is 4.19. The van der Waals surface area contributed by atoms with Crippen LogP contribution in [0.4, 0.5) is 0 Å². The minimum Gasteiger partial charge on any atom is -0.265 e. The maximum absolute atomic E-state index is 4.19.